The number of anilines is 1. The first-order valence-corrected chi connectivity index (χ1v) is 6.20. The van der Waals surface area contributed by atoms with Crippen molar-refractivity contribution in [2.75, 3.05) is 11.9 Å². The van der Waals surface area contributed by atoms with E-state index in [-0.39, 0.29) is 0 Å². The molecule has 0 amide bonds. The van der Waals surface area contributed by atoms with Crippen molar-refractivity contribution in [3.05, 3.63) is 28.2 Å². The van der Waals surface area contributed by atoms with Crippen LogP contribution in [0.1, 0.15) is 18.4 Å². The summed E-state index contributed by atoms with van der Waals surface area (Å²) in [6.45, 7) is 0.613. The van der Waals surface area contributed by atoms with Crippen LogP contribution in [0.15, 0.2) is 22.7 Å². The van der Waals surface area contributed by atoms with Gasteiger partial charge in [-0.2, -0.15) is 5.26 Å². The van der Waals surface area contributed by atoms with Gasteiger partial charge in [-0.3, -0.25) is 0 Å². The van der Waals surface area contributed by atoms with Gasteiger partial charge in [0.15, 0.2) is 0 Å². The van der Waals surface area contributed by atoms with E-state index in [1.165, 1.54) is 12.8 Å². The minimum Gasteiger partial charge on any atom is -0.380 e. The maximum Gasteiger partial charge on any atom is 0.103 e. The Labute approximate surface area is 104 Å². The van der Waals surface area contributed by atoms with Gasteiger partial charge in [-0.1, -0.05) is 6.07 Å². The molecule has 1 saturated carbocycles. The largest absolute Gasteiger partial charge is 0.380 e. The molecule has 1 aliphatic rings. The Morgan fingerprint density at radius 2 is 2.31 bits per heavy atom. The maximum atomic E-state index is 9.09. The summed E-state index contributed by atoms with van der Waals surface area (Å²) in [5.41, 5.74) is 7.26. The molecular formula is C12H14BrN3. The minimum atomic E-state index is 0.293. The standard InChI is InChI=1S/C12H14BrN3/c13-10-2-1-3-11(9(10)6-14)16-12(7-15)8-4-5-8/h1-3,8,12,16H,4-5,7,15H2. The lowest BCUT2D eigenvalue weighted by atomic mass is 10.1. The molecule has 0 spiro atoms. The molecule has 84 valence electrons. The number of nitrogens with zero attached hydrogens (tertiary/aromatic N) is 1. The molecule has 1 aromatic carbocycles. The summed E-state index contributed by atoms with van der Waals surface area (Å²) >= 11 is 3.38. The van der Waals surface area contributed by atoms with Gasteiger partial charge < -0.3 is 11.1 Å². The van der Waals surface area contributed by atoms with Crippen LogP contribution >= 0.6 is 15.9 Å². The summed E-state index contributed by atoms with van der Waals surface area (Å²) in [6.07, 6.45) is 2.48. The SMILES string of the molecule is N#Cc1c(Br)cccc1NC(CN)C1CC1. The van der Waals surface area contributed by atoms with Crippen molar-refractivity contribution in [3.63, 3.8) is 0 Å². The predicted octanol–water partition coefficient (Wildman–Crippen LogP) is 2.47. The zero-order valence-corrected chi connectivity index (χ0v) is 10.5. The van der Waals surface area contributed by atoms with Gasteiger partial charge in [-0.25, -0.2) is 0 Å². The van der Waals surface area contributed by atoms with Crippen LogP contribution < -0.4 is 11.1 Å². The van der Waals surface area contributed by atoms with Gasteiger partial charge in [0.25, 0.3) is 0 Å². The number of halogens is 1. The smallest absolute Gasteiger partial charge is 0.103 e. The second kappa shape index (κ2) is 4.86. The van der Waals surface area contributed by atoms with Crippen LogP contribution in [0.4, 0.5) is 5.69 Å². The third-order valence-electron chi connectivity index (χ3n) is 2.91. The minimum absolute atomic E-state index is 0.293. The van der Waals surface area contributed by atoms with E-state index in [2.05, 4.69) is 27.3 Å². The van der Waals surface area contributed by atoms with Crippen molar-refractivity contribution in [2.24, 2.45) is 11.7 Å². The second-order valence-corrected chi connectivity index (χ2v) is 4.95. The van der Waals surface area contributed by atoms with Crippen LogP contribution in [0, 0.1) is 17.2 Å². The molecule has 1 fully saturated rings. The molecular weight excluding hydrogens is 266 g/mol. The zero-order chi connectivity index (χ0) is 11.5. The third-order valence-corrected chi connectivity index (χ3v) is 3.57. The number of benzene rings is 1. The van der Waals surface area contributed by atoms with E-state index in [0.717, 1.165) is 10.2 Å². The summed E-state index contributed by atoms with van der Waals surface area (Å²) in [6, 6.07) is 8.22. The van der Waals surface area contributed by atoms with E-state index in [0.29, 0.717) is 24.1 Å². The van der Waals surface area contributed by atoms with Gasteiger partial charge in [0, 0.05) is 17.1 Å². The van der Waals surface area contributed by atoms with Gasteiger partial charge in [-0.05, 0) is 46.8 Å². The van der Waals surface area contributed by atoms with E-state index < -0.39 is 0 Å². The molecule has 0 aliphatic heterocycles. The monoisotopic (exact) mass is 279 g/mol. The molecule has 2 rings (SSSR count). The molecule has 1 aromatic rings. The Kier molecular flexibility index (Phi) is 3.47. The van der Waals surface area contributed by atoms with Crippen molar-refractivity contribution < 1.29 is 0 Å². The summed E-state index contributed by atoms with van der Waals surface area (Å²) in [5.74, 6) is 0.676. The summed E-state index contributed by atoms with van der Waals surface area (Å²) in [4.78, 5) is 0. The molecule has 3 N–H and O–H groups in total. The second-order valence-electron chi connectivity index (χ2n) is 4.10. The van der Waals surface area contributed by atoms with Crippen molar-refractivity contribution in [1.29, 1.82) is 5.26 Å². The Bertz CT molecular complexity index is 421. The molecule has 0 aromatic heterocycles. The number of rotatable bonds is 4. The first kappa shape index (κ1) is 11.4. The van der Waals surface area contributed by atoms with Crippen LogP contribution in [-0.4, -0.2) is 12.6 Å². The lowest BCUT2D eigenvalue weighted by Crippen LogP contribution is -2.31. The lowest BCUT2D eigenvalue weighted by Gasteiger charge is -2.18. The predicted molar refractivity (Wildman–Crippen MR) is 68.0 cm³/mol. The fourth-order valence-electron chi connectivity index (χ4n) is 1.83. The molecule has 0 saturated heterocycles. The van der Waals surface area contributed by atoms with Crippen molar-refractivity contribution in [2.45, 2.75) is 18.9 Å². The van der Waals surface area contributed by atoms with Crippen molar-refractivity contribution >= 4 is 21.6 Å². The van der Waals surface area contributed by atoms with E-state index in [1.807, 2.05) is 18.2 Å². The zero-order valence-electron chi connectivity index (χ0n) is 8.91. The topological polar surface area (TPSA) is 61.8 Å². The van der Waals surface area contributed by atoms with E-state index >= 15 is 0 Å². The highest BCUT2D eigenvalue weighted by Crippen LogP contribution is 2.35. The number of hydrogen-bond acceptors (Lipinski definition) is 3. The molecule has 0 bridgehead atoms. The average Bonchev–Trinajstić information content (AvgIpc) is 3.10. The van der Waals surface area contributed by atoms with Crippen molar-refractivity contribution in [1.82, 2.24) is 0 Å². The fourth-order valence-corrected chi connectivity index (χ4v) is 2.28. The van der Waals surface area contributed by atoms with Crippen LogP contribution in [0.5, 0.6) is 0 Å². The van der Waals surface area contributed by atoms with E-state index in [4.69, 9.17) is 11.0 Å². The van der Waals surface area contributed by atoms with E-state index in [1.54, 1.807) is 0 Å². The summed E-state index contributed by atoms with van der Waals surface area (Å²) < 4.78 is 0.826. The number of hydrogen-bond donors (Lipinski definition) is 2. The average molecular weight is 280 g/mol. The van der Waals surface area contributed by atoms with Crippen LogP contribution in [-0.2, 0) is 0 Å². The highest BCUT2D eigenvalue weighted by Gasteiger charge is 2.30. The van der Waals surface area contributed by atoms with Crippen LogP contribution in [0.25, 0.3) is 0 Å². The van der Waals surface area contributed by atoms with E-state index in [9.17, 15) is 0 Å². The molecule has 3 nitrogen and oxygen atoms in total. The highest BCUT2D eigenvalue weighted by molar-refractivity contribution is 9.10. The summed E-state index contributed by atoms with van der Waals surface area (Å²) in [7, 11) is 0. The first-order chi connectivity index (χ1) is 7.76. The molecule has 1 atom stereocenters. The molecule has 0 radical (unpaired) electrons. The number of nitrogens with two attached hydrogens (primary N) is 1. The Morgan fingerprint density at radius 3 is 2.88 bits per heavy atom. The Balaban J connectivity index is 2.20. The van der Waals surface area contributed by atoms with Gasteiger partial charge in [0.2, 0.25) is 0 Å². The van der Waals surface area contributed by atoms with Gasteiger partial charge >= 0.3 is 0 Å². The fraction of sp³-hybridized carbons (Fsp3) is 0.417. The summed E-state index contributed by atoms with van der Waals surface area (Å²) in [5, 5.41) is 12.5. The molecule has 1 unspecified atom stereocenters. The van der Waals surface area contributed by atoms with Crippen LogP contribution in [0.3, 0.4) is 0 Å². The highest BCUT2D eigenvalue weighted by atomic mass is 79.9. The number of nitrogens with one attached hydrogen (secondary N) is 1. The third kappa shape index (κ3) is 2.37. The van der Waals surface area contributed by atoms with Crippen LogP contribution in [0.2, 0.25) is 0 Å². The molecule has 1 aliphatic carbocycles. The maximum absolute atomic E-state index is 9.09. The molecule has 4 heteroatoms. The quantitative estimate of drug-likeness (QED) is 0.890. The molecule has 0 heterocycles. The first-order valence-electron chi connectivity index (χ1n) is 5.41. The Hall–Kier alpha value is -1.05. The molecule has 16 heavy (non-hydrogen) atoms. The van der Waals surface area contributed by atoms with Crippen molar-refractivity contribution in [3.8, 4) is 6.07 Å². The number of nitriles is 1. The normalized spacial score (nSPS) is 16.6. The van der Waals surface area contributed by atoms with Gasteiger partial charge in [0.1, 0.15) is 6.07 Å². The van der Waals surface area contributed by atoms with Gasteiger partial charge in [0.05, 0.1) is 11.3 Å². The Morgan fingerprint density at radius 1 is 1.56 bits per heavy atom. The van der Waals surface area contributed by atoms with Gasteiger partial charge in [-0.15, -0.1) is 0 Å². The lowest BCUT2D eigenvalue weighted by molar-refractivity contribution is 0.645.